The fraction of sp³-hybridized carbons (Fsp3) is 0.0323. The SMILES string of the molecule is Oc1ccc(-c2ccc(O)c(C(c3ccc(-c4ccccc4)cc3)c3cc(-c4ccc(O)c(C(c5ccc(-c6ccccc6)cc5)c5cc(-c6ccc(O)cc6)ccc5O)c4)ccc3O)c2)cc1. The number of rotatable bonds is 11. The van der Waals surface area contributed by atoms with E-state index in [-0.39, 0.29) is 34.5 Å². The molecule has 330 valence electrons. The Bertz CT molecular complexity index is 3140. The molecule has 0 saturated carbocycles. The molecule has 0 fully saturated rings. The van der Waals surface area contributed by atoms with Gasteiger partial charge in [0.15, 0.2) is 0 Å². The molecule has 10 rings (SSSR count). The number of benzene rings is 10. The molecule has 0 aliphatic heterocycles. The summed E-state index contributed by atoms with van der Waals surface area (Å²) in [6, 6.07) is 72.0. The fourth-order valence-corrected chi connectivity index (χ4v) is 9.22. The van der Waals surface area contributed by atoms with Crippen LogP contribution in [0.15, 0.2) is 231 Å². The van der Waals surface area contributed by atoms with Gasteiger partial charge >= 0.3 is 0 Å². The molecule has 0 aliphatic carbocycles. The van der Waals surface area contributed by atoms with Crippen LogP contribution in [0.1, 0.15) is 45.2 Å². The lowest BCUT2D eigenvalue weighted by atomic mass is 9.80. The monoisotopic (exact) mass is 886 g/mol. The van der Waals surface area contributed by atoms with Gasteiger partial charge in [0, 0.05) is 34.1 Å². The number of phenols is 6. The number of hydrogen-bond donors (Lipinski definition) is 6. The second kappa shape index (κ2) is 18.5. The van der Waals surface area contributed by atoms with Gasteiger partial charge in [-0.15, -0.1) is 0 Å². The van der Waals surface area contributed by atoms with Crippen molar-refractivity contribution in [2.75, 3.05) is 0 Å². The highest BCUT2D eigenvalue weighted by molar-refractivity contribution is 5.75. The predicted molar refractivity (Wildman–Crippen MR) is 271 cm³/mol. The normalized spacial score (nSPS) is 12.1. The van der Waals surface area contributed by atoms with Crippen LogP contribution < -0.4 is 0 Å². The molecule has 0 bridgehead atoms. The fourth-order valence-electron chi connectivity index (χ4n) is 9.22. The summed E-state index contributed by atoms with van der Waals surface area (Å²) in [4.78, 5) is 0. The van der Waals surface area contributed by atoms with Gasteiger partial charge in [0.1, 0.15) is 34.5 Å². The van der Waals surface area contributed by atoms with Gasteiger partial charge in [-0.05, 0) is 140 Å². The Kier molecular flexibility index (Phi) is 11.7. The van der Waals surface area contributed by atoms with Crippen LogP contribution in [0.5, 0.6) is 34.5 Å². The minimum absolute atomic E-state index is 0.0340. The average Bonchev–Trinajstić information content (AvgIpc) is 3.38. The van der Waals surface area contributed by atoms with E-state index in [9.17, 15) is 30.6 Å². The third-order valence-electron chi connectivity index (χ3n) is 12.8. The molecule has 6 N–H and O–H groups in total. The molecule has 10 aromatic rings. The van der Waals surface area contributed by atoms with E-state index in [0.29, 0.717) is 22.3 Å². The van der Waals surface area contributed by atoms with Crippen LogP contribution in [-0.2, 0) is 0 Å². The van der Waals surface area contributed by atoms with E-state index in [1.807, 2.05) is 158 Å². The lowest BCUT2D eigenvalue weighted by Crippen LogP contribution is -2.06. The van der Waals surface area contributed by atoms with Crippen molar-refractivity contribution in [2.24, 2.45) is 0 Å². The van der Waals surface area contributed by atoms with Gasteiger partial charge < -0.3 is 30.6 Å². The van der Waals surface area contributed by atoms with Crippen LogP contribution in [0.3, 0.4) is 0 Å². The molecule has 2 atom stereocenters. The van der Waals surface area contributed by atoms with Crippen molar-refractivity contribution in [3.05, 3.63) is 264 Å². The van der Waals surface area contributed by atoms with E-state index in [0.717, 1.165) is 66.8 Å². The maximum absolute atomic E-state index is 11.9. The summed E-state index contributed by atoms with van der Waals surface area (Å²) in [5, 5.41) is 67.2. The van der Waals surface area contributed by atoms with E-state index >= 15 is 0 Å². The van der Waals surface area contributed by atoms with Crippen molar-refractivity contribution in [2.45, 2.75) is 11.8 Å². The van der Waals surface area contributed by atoms with Crippen LogP contribution in [0.4, 0.5) is 0 Å². The highest BCUT2D eigenvalue weighted by Gasteiger charge is 2.27. The summed E-state index contributed by atoms with van der Waals surface area (Å²) in [5.41, 5.74) is 12.9. The Morgan fingerprint density at radius 1 is 0.206 bits per heavy atom. The first kappa shape index (κ1) is 42.9. The minimum atomic E-state index is -0.635. The largest absolute Gasteiger partial charge is 0.508 e. The molecule has 6 heteroatoms. The van der Waals surface area contributed by atoms with Gasteiger partial charge in [-0.3, -0.25) is 0 Å². The molecule has 0 saturated heterocycles. The Labute approximate surface area is 394 Å². The first-order chi connectivity index (χ1) is 33.2. The van der Waals surface area contributed by atoms with E-state index in [2.05, 4.69) is 24.3 Å². The van der Waals surface area contributed by atoms with Crippen molar-refractivity contribution in [1.29, 1.82) is 0 Å². The Morgan fingerprint density at radius 2 is 0.426 bits per heavy atom. The number of hydrogen-bond acceptors (Lipinski definition) is 6. The van der Waals surface area contributed by atoms with Crippen LogP contribution >= 0.6 is 0 Å². The van der Waals surface area contributed by atoms with Gasteiger partial charge in [0.2, 0.25) is 0 Å². The first-order valence-electron chi connectivity index (χ1n) is 22.4. The quantitative estimate of drug-likeness (QED) is 0.0720. The summed E-state index contributed by atoms with van der Waals surface area (Å²) >= 11 is 0. The molecule has 0 amide bonds. The second-order valence-corrected chi connectivity index (χ2v) is 17.0. The van der Waals surface area contributed by atoms with Gasteiger partial charge in [0.05, 0.1) is 0 Å². The number of phenolic OH excluding ortho intramolecular Hbond substituents is 6. The standard InChI is InChI=1S/C62H46O6/c63-51-27-19-43(20-28-51)47-23-31-57(65)53(35-47)61(45-15-11-41(12-16-45)39-7-3-1-4-8-39)55-37-49(25-33-59(55)67)50-26-34-60(68)56(38-50)62(46-17-13-42(14-18-46)40-9-5-2-6-10-40)54-36-48(24-32-58(54)66)44-21-29-52(64)30-22-44/h1-38,61-68H. The summed E-state index contributed by atoms with van der Waals surface area (Å²) in [6.07, 6.45) is 0. The molecule has 0 heterocycles. The van der Waals surface area contributed by atoms with Crippen molar-refractivity contribution in [3.8, 4) is 90.1 Å². The Morgan fingerprint density at radius 3 is 0.721 bits per heavy atom. The van der Waals surface area contributed by atoms with Crippen molar-refractivity contribution >= 4 is 0 Å². The third-order valence-corrected chi connectivity index (χ3v) is 12.8. The van der Waals surface area contributed by atoms with Gasteiger partial charge in [-0.25, -0.2) is 0 Å². The molecule has 68 heavy (non-hydrogen) atoms. The lowest BCUT2D eigenvalue weighted by Gasteiger charge is -2.24. The zero-order valence-electron chi connectivity index (χ0n) is 36.8. The highest BCUT2D eigenvalue weighted by Crippen LogP contribution is 2.47. The molecule has 2 unspecified atom stereocenters. The maximum atomic E-state index is 11.9. The van der Waals surface area contributed by atoms with Gasteiger partial charge in [-0.2, -0.15) is 0 Å². The molecule has 10 aromatic carbocycles. The van der Waals surface area contributed by atoms with E-state index < -0.39 is 11.8 Å². The minimum Gasteiger partial charge on any atom is -0.508 e. The van der Waals surface area contributed by atoms with Crippen molar-refractivity contribution in [3.63, 3.8) is 0 Å². The Hall–Kier alpha value is -9.00. The van der Waals surface area contributed by atoms with Crippen LogP contribution in [0.2, 0.25) is 0 Å². The molecule has 0 aliphatic rings. The van der Waals surface area contributed by atoms with Crippen LogP contribution in [-0.4, -0.2) is 30.6 Å². The van der Waals surface area contributed by atoms with E-state index in [1.54, 1.807) is 48.5 Å². The maximum Gasteiger partial charge on any atom is 0.119 e. The molecule has 0 aromatic heterocycles. The summed E-state index contributed by atoms with van der Waals surface area (Å²) < 4.78 is 0. The molecule has 0 spiro atoms. The summed E-state index contributed by atoms with van der Waals surface area (Å²) in [7, 11) is 0. The van der Waals surface area contributed by atoms with Crippen LogP contribution in [0, 0.1) is 0 Å². The van der Waals surface area contributed by atoms with Gasteiger partial charge in [-0.1, -0.05) is 158 Å². The predicted octanol–water partition coefficient (Wildman–Crippen LogP) is 14.6. The van der Waals surface area contributed by atoms with E-state index in [4.69, 9.17) is 0 Å². The average molecular weight is 887 g/mol. The third kappa shape index (κ3) is 8.74. The first-order valence-corrected chi connectivity index (χ1v) is 22.4. The molecular weight excluding hydrogens is 841 g/mol. The second-order valence-electron chi connectivity index (χ2n) is 17.0. The number of aromatic hydroxyl groups is 6. The summed E-state index contributed by atoms with van der Waals surface area (Å²) in [6.45, 7) is 0. The smallest absolute Gasteiger partial charge is 0.119 e. The molecule has 0 radical (unpaired) electrons. The summed E-state index contributed by atoms with van der Waals surface area (Å²) in [5.74, 6) is -0.801. The Balaban J connectivity index is 1.11. The zero-order valence-corrected chi connectivity index (χ0v) is 36.8. The molecular formula is C62H46O6. The lowest BCUT2D eigenvalue weighted by molar-refractivity contribution is 0.457. The van der Waals surface area contributed by atoms with Gasteiger partial charge in [0.25, 0.3) is 0 Å². The topological polar surface area (TPSA) is 121 Å². The van der Waals surface area contributed by atoms with E-state index in [1.165, 1.54) is 0 Å². The zero-order chi connectivity index (χ0) is 46.7. The van der Waals surface area contributed by atoms with Crippen LogP contribution in [0.25, 0.3) is 55.6 Å². The highest BCUT2D eigenvalue weighted by atomic mass is 16.3. The van der Waals surface area contributed by atoms with Crippen molar-refractivity contribution in [1.82, 2.24) is 0 Å². The molecule has 6 nitrogen and oxygen atoms in total. The van der Waals surface area contributed by atoms with Crippen molar-refractivity contribution < 1.29 is 30.6 Å².